The molecule has 1 N–H and O–H groups in total. The van der Waals surface area contributed by atoms with Crippen LogP contribution in [0.3, 0.4) is 0 Å². The summed E-state index contributed by atoms with van der Waals surface area (Å²) in [5.41, 5.74) is 1.69. The summed E-state index contributed by atoms with van der Waals surface area (Å²) in [4.78, 5) is 1.16. The van der Waals surface area contributed by atoms with Gasteiger partial charge in [0.2, 0.25) is 0 Å². The summed E-state index contributed by atoms with van der Waals surface area (Å²) in [6.07, 6.45) is 2.03. The predicted molar refractivity (Wildman–Crippen MR) is 84.4 cm³/mol. The first-order valence-electron chi connectivity index (χ1n) is 5.96. The van der Waals surface area contributed by atoms with E-state index in [0.29, 0.717) is 5.56 Å². The van der Waals surface area contributed by atoms with Gasteiger partial charge in [0.05, 0.1) is 6.04 Å². The number of halogens is 2. The van der Waals surface area contributed by atoms with Gasteiger partial charge in [0.25, 0.3) is 0 Å². The summed E-state index contributed by atoms with van der Waals surface area (Å²) in [6.45, 7) is 1.96. The van der Waals surface area contributed by atoms with Crippen molar-refractivity contribution in [2.45, 2.75) is 17.9 Å². The second kappa shape index (κ2) is 6.44. The lowest BCUT2D eigenvalue weighted by molar-refractivity contribution is 0.599. The second-order valence-electron chi connectivity index (χ2n) is 4.23. The summed E-state index contributed by atoms with van der Waals surface area (Å²) >= 11 is 5.05. The van der Waals surface area contributed by atoms with Crippen molar-refractivity contribution in [3.05, 3.63) is 58.3 Å². The average Bonchev–Trinajstić information content (AvgIpc) is 2.42. The SMILES string of the molecule is CSc1ccccc1NC(C)c1cc(Br)ccc1F. The van der Waals surface area contributed by atoms with Gasteiger partial charge in [-0.25, -0.2) is 4.39 Å². The van der Waals surface area contributed by atoms with E-state index in [0.717, 1.165) is 15.1 Å². The molecule has 0 aliphatic rings. The molecule has 0 spiro atoms. The molecule has 1 unspecified atom stereocenters. The number of nitrogens with one attached hydrogen (secondary N) is 1. The van der Waals surface area contributed by atoms with Gasteiger partial charge in [0.1, 0.15) is 5.82 Å². The van der Waals surface area contributed by atoms with Crippen LogP contribution in [0.5, 0.6) is 0 Å². The molecule has 0 radical (unpaired) electrons. The molecular formula is C15H15BrFNS. The van der Waals surface area contributed by atoms with Crippen LogP contribution in [0.2, 0.25) is 0 Å². The second-order valence-corrected chi connectivity index (χ2v) is 6.00. The van der Waals surface area contributed by atoms with E-state index in [9.17, 15) is 4.39 Å². The molecule has 0 fully saturated rings. The maximum Gasteiger partial charge on any atom is 0.128 e. The zero-order valence-electron chi connectivity index (χ0n) is 10.8. The fourth-order valence-corrected chi connectivity index (χ4v) is 2.86. The average molecular weight is 340 g/mol. The molecule has 0 aliphatic heterocycles. The molecule has 0 amide bonds. The topological polar surface area (TPSA) is 12.0 Å². The predicted octanol–water partition coefficient (Wildman–Crippen LogP) is 5.48. The molecule has 0 aromatic heterocycles. The van der Waals surface area contributed by atoms with Crippen LogP contribution in [0.1, 0.15) is 18.5 Å². The molecule has 0 saturated heterocycles. The van der Waals surface area contributed by atoms with Crippen molar-refractivity contribution < 1.29 is 4.39 Å². The highest BCUT2D eigenvalue weighted by atomic mass is 79.9. The Morgan fingerprint density at radius 2 is 1.95 bits per heavy atom. The Kier molecular flexibility index (Phi) is 4.88. The van der Waals surface area contributed by atoms with Gasteiger partial charge in [-0.05, 0) is 43.5 Å². The van der Waals surface area contributed by atoms with Crippen LogP contribution >= 0.6 is 27.7 Å². The van der Waals surface area contributed by atoms with Crippen molar-refractivity contribution in [3.63, 3.8) is 0 Å². The zero-order valence-corrected chi connectivity index (χ0v) is 13.2. The van der Waals surface area contributed by atoms with E-state index >= 15 is 0 Å². The lowest BCUT2D eigenvalue weighted by Gasteiger charge is -2.18. The first-order valence-corrected chi connectivity index (χ1v) is 7.98. The molecule has 0 aliphatic carbocycles. The van der Waals surface area contributed by atoms with Gasteiger partial charge in [-0.3, -0.25) is 0 Å². The van der Waals surface area contributed by atoms with Crippen molar-refractivity contribution in [2.75, 3.05) is 11.6 Å². The van der Waals surface area contributed by atoms with Crippen LogP contribution in [0.25, 0.3) is 0 Å². The van der Waals surface area contributed by atoms with Crippen LogP contribution in [-0.2, 0) is 0 Å². The first-order chi connectivity index (χ1) is 9.11. The van der Waals surface area contributed by atoms with Crippen molar-refractivity contribution in [3.8, 4) is 0 Å². The molecule has 2 aromatic carbocycles. The highest BCUT2D eigenvalue weighted by Gasteiger charge is 2.12. The lowest BCUT2D eigenvalue weighted by atomic mass is 10.1. The van der Waals surface area contributed by atoms with E-state index in [1.54, 1.807) is 17.8 Å². The number of anilines is 1. The Hall–Kier alpha value is -1.00. The van der Waals surface area contributed by atoms with Crippen LogP contribution < -0.4 is 5.32 Å². The highest BCUT2D eigenvalue weighted by molar-refractivity contribution is 9.10. The molecule has 4 heteroatoms. The Morgan fingerprint density at radius 1 is 1.21 bits per heavy atom. The maximum atomic E-state index is 13.8. The van der Waals surface area contributed by atoms with Crippen LogP contribution in [0.4, 0.5) is 10.1 Å². The molecular weight excluding hydrogens is 325 g/mol. The Bertz CT molecular complexity index is 574. The van der Waals surface area contributed by atoms with Gasteiger partial charge in [0.15, 0.2) is 0 Å². The molecule has 2 rings (SSSR count). The van der Waals surface area contributed by atoms with E-state index < -0.39 is 0 Å². The van der Waals surface area contributed by atoms with Gasteiger partial charge in [-0.15, -0.1) is 11.8 Å². The van der Waals surface area contributed by atoms with Crippen molar-refractivity contribution >= 4 is 33.4 Å². The first kappa shape index (κ1) is 14.4. The van der Waals surface area contributed by atoms with Crippen molar-refractivity contribution in [2.24, 2.45) is 0 Å². The zero-order chi connectivity index (χ0) is 13.8. The third-order valence-electron chi connectivity index (χ3n) is 2.90. The number of rotatable bonds is 4. The van der Waals surface area contributed by atoms with Gasteiger partial charge in [-0.2, -0.15) is 0 Å². The summed E-state index contributed by atoms with van der Waals surface area (Å²) < 4.78 is 14.7. The smallest absolute Gasteiger partial charge is 0.128 e. The third kappa shape index (κ3) is 3.51. The summed E-state index contributed by atoms with van der Waals surface area (Å²) in [5.74, 6) is -0.190. The maximum absolute atomic E-state index is 13.8. The molecule has 1 atom stereocenters. The van der Waals surface area contributed by atoms with Gasteiger partial charge in [-0.1, -0.05) is 28.1 Å². The molecule has 100 valence electrons. The fourth-order valence-electron chi connectivity index (χ4n) is 1.92. The minimum absolute atomic E-state index is 0.0919. The highest BCUT2D eigenvalue weighted by Crippen LogP contribution is 2.30. The number of thioether (sulfide) groups is 1. The third-order valence-corrected chi connectivity index (χ3v) is 4.19. The van der Waals surface area contributed by atoms with Crippen molar-refractivity contribution in [1.82, 2.24) is 0 Å². The molecule has 0 heterocycles. The molecule has 1 nitrogen and oxygen atoms in total. The summed E-state index contributed by atoms with van der Waals surface area (Å²) in [5, 5.41) is 3.36. The molecule has 0 saturated carbocycles. The van der Waals surface area contributed by atoms with Crippen LogP contribution in [0, 0.1) is 5.82 Å². The van der Waals surface area contributed by atoms with E-state index in [1.807, 2.05) is 37.4 Å². The van der Waals surface area contributed by atoms with E-state index in [-0.39, 0.29) is 11.9 Å². The lowest BCUT2D eigenvalue weighted by Crippen LogP contribution is -2.09. The normalized spacial score (nSPS) is 12.2. The van der Waals surface area contributed by atoms with E-state index in [1.165, 1.54) is 6.07 Å². The van der Waals surface area contributed by atoms with Crippen LogP contribution in [-0.4, -0.2) is 6.26 Å². The summed E-state index contributed by atoms with van der Waals surface area (Å²) in [6, 6.07) is 13.0. The Labute approximate surface area is 125 Å². The standard InChI is InChI=1S/C15H15BrFNS/c1-10(12-9-11(16)7-8-13(12)17)18-14-5-3-4-6-15(14)19-2/h3-10,18H,1-2H3. The Balaban J connectivity index is 2.25. The number of hydrogen-bond donors (Lipinski definition) is 1. The Morgan fingerprint density at radius 3 is 2.68 bits per heavy atom. The fraction of sp³-hybridized carbons (Fsp3) is 0.200. The van der Waals surface area contributed by atoms with Gasteiger partial charge < -0.3 is 5.32 Å². The van der Waals surface area contributed by atoms with Gasteiger partial charge >= 0.3 is 0 Å². The number of benzene rings is 2. The van der Waals surface area contributed by atoms with E-state index in [4.69, 9.17) is 0 Å². The molecule has 0 bridgehead atoms. The monoisotopic (exact) mass is 339 g/mol. The minimum Gasteiger partial charge on any atom is -0.378 e. The molecule has 19 heavy (non-hydrogen) atoms. The summed E-state index contributed by atoms with van der Waals surface area (Å²) in [7, 11) is 0. The number of para-hydroxylation sites is 1. The minimum atomic E-state index is -0.190. The number of hydrogen-bond acceptors (Lipinski definition) is 2. The van der Waals surface area contributed by atoms with Crippen molar-refractivity contribution in [1.29, 1.82) is 0 Å². The van der Waals surface area contributed by atoms with E-state index in [2.05, 4.69) is 27.3 Å². The van der Waals surface area contributed by atoms with Gasteiger partial charge in [0, 0.05) is 20.6 Å². The largest absolute Gasteiger partial charge is 0.378 e. The quantitative estimate of drug-likeness (QED) is 0.740. The van der Waals surface area contributed by atoms with Crippen LogP contribution in [0.15, 0.2) is 51.8 Å². The molecule has 2 aromatic rings.